The number of aryl methyl sites for hydroxylation is 1. The number of amides is 1. The van der Waals surface area contributed by atoms with Crippen molar-refractivity contribution in [3.05, 3.63) is 59.4 Å². The fraction of sp³-hybridized carbons (Fsp3) is 0.304. The Morgan fingerprint density at radius 3 is 2.93 bits per heavy atom. The van der Waals surface area contributed by atoms with Crippen molar-refractivity contribution in [1.82, 2.24) is 20.3 Å². The molecule has 7 heteroatoms. The lowest BCUT2D eigenvalue weighted by atomic mass is 9.90. The Hall–Kier alpha value is -3.48. The molecule has 1 atom stereocenters. The lowest BCUT2D eigenvalue weighted by molar-refractivity contribution is -0.117. The molecule has 3 heterocycles. The van der Waals surface area contributed by atoms with Gasteiger partial charge in [-0.25, -0.2) is 0 Å². The van der Waals surface area contributed by atoms with E-state index in [0.717, 1.165) is 29.4 Å². The zero-order valence-corrected chi connectivity index (χ0v) is 16.5. The number of nitrogens with one attached hydrogen (secondary N) is 1. The first kappa shape index (κ1) is 17.4. The number of hydrogen-bond acceptors (Lipinski definition) is 5. The van der Waals surface area contributed by atoms with Crippen LogP contribution in [-0.2, 0) is 17.6 Å². The van der Waals surface area contributed by atoms with E-state index in [2.05, 4.69) is 38.5 Å². The molecule has 4 aromatic rings. The van der Waals surface area contributed by atoms with E-state index in [1.165, 1.54) is 24.0 Å². The summed E-state index contributed by atoms with van der Waals surface area (Å²) in [6.45, 7) is 0.579. The van der Waals surface area contributed by atoms with Crippen LogP contribution in [0.1, 0.15) is 42.1 Å². The molecule has 0 saturated carbocycles. The molecule has 0 spiro atoms. The smallest absolute Gasteiger partial charge is 0.279 e. The Morgan fingerprint density at radius 1 is 1.07 bits per heavy atom. The Bertz CT molecular complexity index is 1260. The second kappa shape index (κ2) is 6.79. The molecule has 30 heavy (non-hydrogen) atoms. The third-order valence-corrected chi connectivity index (χ3v) is 6.27. The first-order chi connectivity index (χ1) is 14.8. The quantitative estimate of drug-likeness (QED) is 0.562. The highest BCUT2D eigenvalue weighted by Crippen LogP contribution is 2.36. The summed E-state index contributed by atoms with van der Waals surface area (Å²) in [5.41, 5.74) is 5.32. The van der Waals surface area contributed by atoms with Gasteiger partial charge >= 0.3 is 0 Å². The summed E-state index contributed by atoms with van der Waals surface area (Å²) < 4.78 is 5.52. The number of carbonyl (C=O) groups is 1. The van der Waals surface area contributed by atoms with Gasteiger partial charge in [0.1, 0.15) is 0 Å². The summed E-state index contributed by atoms with van der Waals surface area (Å²) in [4.78, 5) is 19.4. The highest BCUT2D eigenvalue weighted by atomic mass is 16.5. The number of nitrogens with zero attached hydrogens (tertiary/aromatic N) is 4. The summed E-state index contributed by atoms with van der Waals surface area (Å²) in [6, 6.07) is 14.2. The van der Waals surface area contributed by atoms with Crippen LogP contribution >= 0.6 is 0 Å². The molecule has 2 aromatic heterocycles. The maximum Gasteiger partial charge on any atom is 0.279 e. The van der Waals surface area contributed by atoms with Crippen molar-refractivity contribution in [3.8, 4) is 11.6 Å². The number of aromatic nitrogens is 4. The largest absolute Gasteiger partial charge is 0.332 e. The van der Waals surface area contributed by atoms with Crippen LogP contribution in [0.15, 0.2) is 47.0 Å². The van der Waals surface area contributed by atoms with Crippen LogP contribution in [0.4, 0.5) is 5.69 Å². The third-order valence-electron chi connectivity index (χ3n) is 6.27. The van der Waals surface area contributed by atoms with Crippen molar-refractivity contribution >= 4 is 22.5 Å². The van der Waals surface area contributed by atoms with Gasteiger partial charge in [-0.3, -0.25) is 9.89 Å². The Kier molecular flexibility index (Phi) is 3.94. The van der Waals surface area contributed by atoms with E-state index in [4.69, 9.17) is 4.52 Å². The second-order valence-electron chi connectivity index (χ2n) is 8.10. The zero-order chi connectivity index (χ0) is 20.1. The Balaban J connectivity index is 1.29. The average Bonchev–Trinajstić information content (AvgIpc) is 3.51. The molecule has 2 aliphatic rings. The van der Waals surface area contributed by atoms with E-state index in [9.17, 15) is 4.79 Å². The summed E-state index contributed by atoms with van der Waals surface area (Å²) in [5, 5.41) is 12.5. The van der Waals surface area contributed by atoms with Gasteiger partial charge in [0.25, 0.3) is 5.89 Å². The monoisotopic (exact) mass is 399 g/mol. The summed E-state index contributed by atoms with van der Waals surface area (Å²) >= 11 is 0. The maximum absolute atomic E-state index is 12.9. The van der Waals surface area contributed by atoms with Crippen molar-refractivity contribution in [2.24, 2.45) is 0 Å². The number of carbonyl (C=O) groups excluding carboxylic acids is 1. The molecule has 1 saturated heterocycles. The van der Waals surface area contributed by atoms with E-state index in [1.807, 2.05) is 29.2 Å². The van der Waals surface area contributed by atoms with Crippen LogP contribution in [0.25, 0.3) is 22.5 Å². The van der Waals surface area contributed by atoms with Gasteiger partial charge in [0.05, 0.1) is 5.52 Å². The molecule has 6 rings (SSSR count). The molecular weight excluding hydrogens is 378 g/mol. The molecule has 1 fully saturated rings. The van der Waals surface area contributed by atoms with Crippen LogP contribution in [0.2, 0.25) is 0 Å². The van der Waals surface area contributed by atoms with Gasteiger partial charge in [0, 0.05) is 30.0 Å². The van der Waals surface area contributed by atoms with Crippen molar-refractivity contribution in [3.63, 3.8) is 0 Å². The zero-order valence-electron chi connectivity index (χ0n) is 16.5. The van der Waals surface area contributed by atoms with E-state index >= 15 is 0 Å². The van der Waals surface area contributed by atoms with Crippen LogP contribution in [0.5, 0.6) is 0 Å². The van der Waals surface area contributed by atoms with Gasteiger partial charge in [-0.1, -0.05) is 35.5 Å². The minimum absolute atomic E-state index is 0.0837. The SMILES string of the molecule is O=C1CC(c2noc(-c3n[nH]c4ccccc34)n2)CN1c1cccc2c1CCCC2. The molecule has 1 N–H and O–H groups in total. The van der Waals surface area contributed by atoms with E-state index in [0.29, 0.717) is 30.4 Å². The maximum atomic E-state index is 12.9. The highest BCUT2D eigenvalue weighted by molar-refractivity contribution is 5.97. The number of aromatic amines is 1. The molecule has 7 nitrogen and oxygen atoms in total. The van der Waals surface area contributed by atoms with E-state index < -0.39 is 0 Å². The first-order valence-corrected chi connectivity index (χ1v) is 10.5. The minimum Gasteiger partial charge on any atom is -0.332 e. The number of anilines is 1. The van der Waals surface area contributed by atoms with Crippen molar-refractivity contribution in [2.75, 3.05) is 11.4 Å². The molecular formula is C23H21N5O2. The molecule has 150 valence electrons. The molecule has 1 amide bonds. The van der Waals surface area contributed by atoms with E-state index in [1.54, 1.807) is 0 Å². The number of fused-ring (bicyclic) bond motifs is 2. The Morgan fingerprint density at radius 2 is 1.97 bits per heavy atom. The second-order valence-corrected chi connectivity index (χ2v) is 8.10. The normalized spacial score (nSPS) is 18.9. The lowest BCUT2D eigenvalue weighted by Gasteiger charge is -2.25. The standard InChI is InChI=1S/C23H21N5O2/c29-20-12-15(13-28(20)19-11-5-7-14-6-1-2-8-16(14)19)22-24-23(30-27-22)21-17-9-3-4-10-18(17)25-26-21/h3-5,7,9-11,15H,1-2,6,8,12-13H2,(H,25,26). The number of para-hydroxylation sites is 1. The molecule has 0 radical (unpaired) electrons. The van der Waals surface area contributed by atoms with Crippen molar-refractivity contribution in [1.29, 1.82) is 0 Å². The molecule has 0 bridgehead atoms. The topological polar surface area (TPSA) is 87.9 Å². The molecule has 1 aliphatic carbocycles. The number of rotatable bonds is 3. The van der Waals surface area contributed by atoms with Gasteiger partial charge in [0.2, 0.25) is 5.91 Å². The fourth-order valence-corrected chi connectivity index (χ4v) is 4.75. The number of H-pyrrole nitrogens is 1. The minimum atomic E-state index is -0.0837. The van der Waals surface area contributed by atoms with Crippen molar-refractivity contribution in [2.45, 2.75) is 38.0 Å². The first-order valence-electron chi connectivity index (χ1n) is 10.5. The highest BCUT2D eigenvalue weighted by Gasteiger charge is 2.36. The van der Waals surface area contributed by atoms with Crippen LogP contribution < -0.4 is 4.90 Å². The van der Waals surface area contributed by atoms with Crippen LogP contribution in [-0.4, -0.2) is 32.8 Å². The molecule has 1 unspecified atom stereocenters. The van der Waals surface area contributed by atoms with Crippen LogP contribution in [0, 0.1) is 0 Å². The third kappa shape index (κ3) is 2.73. The molecule has 2 aromatic carbocycles. The number of hydrogen-bond donors (Lipinski definition) is 1. The predicted octanol–water partition coefficient (Wildman–Crippen LogP) is 4.01. The van der Waals surface area contributed by atoms with Gasteiger partial charge in [0.15, 0.2) is 11.5 Å². The summed E-state index contributed by atoms with van der Waals surface area (Å²) in [7, 11) is 0. The average molecular weight is 399 g/mol. The summed E-state index contributed by atoms with van der Waals surface area (Å²) in [6.07, 6.45) is 4.94. The Labute approximate surface area is 173 Å². The molecule has 1 aliphatic heterocycles. The van der Waals surface area contributed by atoms with E-state index in [-0.39, 0.29) is 11.8 Å². The van der Waals surface area contributed by atoms with Crippen molar-refractivity contribution < 1.29 is 9.32 Å². The van der Waals surface area contributed by atoms with Crippen LogP contribution in [0.3, 0.4) is 0 Å². The lowest BCUT2D eigenvalue weighted by Crippen LogP contribution is -2.26. The van der Waals surface area contributed by atoms with Gasteiger partial charge in [-0.2, -0.15) is 10.1 Å². The summed E-state index contributed by atoms with van der Waals surface area (Å²) in [5.74, 6) is 0.985. The number of benzene rings is 2. The predicted molar refractivity (Wildman–Crippen MR) is 112 cm³/mol. The van der Waals surface area contributed by atoms with Gasteiger partial charge < -0.3 is 9.42 Å². The fourth-order valence-electron chi connectivity index (χ4n) is 4.75. The van der Waals surface area contributed by atoms with Gasteiger partial charge in [-0.15, -0.1) is 0 Å². The van der Waals surface area contributed by atoms with Gasteiger partial charge in [-0.05, 0) is 48.9 Å².